The minimum Gasteiger partial charge on any atom is -0.351 e. The maximum Gasteiger partial charge on any atom is 0.269 e. The molecule has 1 aromatic carbocycles. The number of halogens is 2. The fourth-order valence-corrected chi connectivity index (χ4v) is 6.93. The Hall–Kier alpha value is -1.89. The van der Waals surface area contributed by atoms with Gasteiger partial charge in [0, 0.05) is 43.4 Å². The lowest BCUT2D eigenvalue weighted by Gasteiger charge is -2.32. The molecule has 226 valence electrons. The first-order valence-electron chi connectivity index (χ1n) is 15.9. The van der Waals surface area contributed by atoms with E-state index < -0.39 is 0 Å². The number of rotatable bonds is 10. The Labute approximate surface area is 256 Å². The smallest absolute Gasteiger partial charge is 0.269 e. The molecule has 0 spiro atoms. The summed E-state index contributed by atoms with van der Waals surface area (Å²) in [7, 11) is 1.98. The molecule has 2 heterocycles. The number of hydrogen-bond acceptors (Lipinski definition) is 4. The molecule has 2 N–H and O–H groups in total. The Balaban J connectivity index is 1.17. The van der Waals surface area contributed by atoms with Gasteiger partial charge in [-0.3, -0.25) is 14.6 Å². The average Bonchev–Trinajstić information content (AvgIpc) is 3.41. The second-order valence-electron chi connectivity index (χ2n) is 12.1. The van der Waals surface area contributed by atoms with Crippen LogP contribution in [0.15, 0.2) is 35.0 Å². The molecule has 41 heavy (non-hydrogen) atoms. The van der Waals surface area contributed by atoms with E-state index in [9.17, 15) is 9.59 Å². The summed E-state index contributed by atoms with van der Waals surface area (Å²) >= 11 is 12.1. The van der Waals surface area contributed by atoms with Crippen LogP contribution in [-0.4, -0.2) is 55.7 Å². The van der Waals surface area contributed by atoms with E-state index in [2.05, 4.69) is 16.7 Å². The number of nitrogens with zero attached hydrogens (tertiary/aromatic N) is 2. The van der Waals surface area contributed by atoms with Crippen molar-refractivity contribution >= 4 is 40.7 Å². The SMILES string of the molecule is CNCC1C=C(C(=O)NCCCCC2CCN(C(=O)c3ccc(Cl)c(Cl)c3)CC2)N=C1C1CCCCCCCCC1. The number of carbonyl (C=O) groups is 2. The minimum absolute atomic E-state index is 0.0224. The number of hydrogen-bond donors (Lipinski definition) is 2. The molecule has 2 amide bonds. The van der Waals surface area contributed by atoms with E-state index in [4.69, 9.17) is 28.2 Å². The maximum absolute atomic E-state index is 13.0. The molecule has 0 aromatic heterocycles. The van der Waals surface area contributed by atoms with Gasteiger partial charge in [-0.2, -0.15) is 0 Å². The van der Waals surface area contributed by atoms with Crippen LogP contribution in [-0.2, 0) is 4.79 Å². The van der Waals surface area contributed by atoms with E-state index in [1.807, 2.05) is 11.9 Å². The molecular weight excluding hydrogens is 555 g/mol. The molecule has 2 fully saturated rings. The summed E-state index contributed by atoms with van der Waals surface area (Å²) in [6.07, 6.45) is 18.9. The molecule has 8 heteroatoms. The fraction of sp³-hybridized carbons (Fsp3) is 0.667. The number of carbonyl (C=O) groups excluding carboxylic acids is 2. The molecule has 1 saturated carbocycles. The van der Waals surface area contributed by atoms with Crippen LogP contribution in [0.3, 0.4) is 0 Å². The van der Waals surface area contributed by atoms with Crippen LogP contribution in [0.4, 0.5) is 0 Å². The van der Waals surface area contributed by atoms with Crippen molar-refractivity contribution in [3.8, 4) is 0 Å². The lowest BCUT2D eigenvalue weighted by atomic mass is 9.84. The Morgan fingerprint density at radius 3 is 2.27 bits per heavy atom. The molecule has 1 aliphatic carbocycles. The lowest BCUT2D eigenvalue weighted by Crippen LogP contribution is -2.38. The highest BCUT2D eigenvalue weighted by atomic mass is 35.5. The first-order chi connectivity index (χ1) is 20.0. The van der Waals surface area contributed by atoms with E-state index in [0.717, 1.165) is 51.7 Å². The zero-order valence-electron chi connectivity index (χ0n) is 24.7. The normalized spacial score (nSPS) is 21.3. The third kappa shape index (κ3) is 9.56. The van der Waals surface area contributed by atoms with E-state index in [1.165, 1.54) is 63.5 Å². The van der Waals surface area contributed by atoms with Gasteiger partial charge in [0.05, 0.1) is 10.0 Å². The number of piperidine rings is 1. The lowest BCUT2D eigenvalue weighted by molar-refractivity contribution is -0.117. The highest BCUT2D eigenvalue weighted by Gasteiger charge is 2.30. The van der Waals surface area contributed by atoms with Crippen molar-refractivity contribution in [2.75, 3.05) is 33.2 Å². The summed E-state index contributed by atoms with van der Waals surface area (Å²) < 4.78 is 0. The van der Waals surface area contributed by atoms with E-state index in [-0.39, 0.29) is 17.7 Å². The summed E-state index contributed by atoms with van der Waals surface area (Å²) in [6, 6.07) is 5.08. The molecule has 1 unspecified atom stereocenters. The molecule has 2 aliphatic heterocycles. The molecular formula is C33H48Cl2N4O2. The standard InChI is InChI=1S/C33H48Cl2N4O2/c1-36-23-27-22-30(38-31(27)25-12-7-5-3-2-4-6-8-13-25)32(40)37-18-10-9-11-24-16-19-39(20-17-24)33(41)26-14-15-28(34)29(35)21-26/h14-15,21-22,24-25,27,36H,2-13,16-20,23H2,1H3,(H,37,40). The van der Waals surface area contributed by atoms with Gasteiger partial charge in [-0.1, -0.05) is 81.0 Å². The van der Waals surface area contributed by atoms with Crippen LogP contribution in [0.2, 0.25) is 10.0 Å². The Morgan fingerprint density at radius 1 is 0.927 bits per heavy atom. The quantitative estimate of drug-likeness (QED) is 0.273. The highest BCUT2D eigenvalue weighted by molar-refractivity contribution is 6.42. The van der Waals surface area contributed by atoms with Crippen molar-refractivity contribution < 1.29 is 9.59 Å². The number of nitrogens with one attached hydrogen (secondary N) is 2. The molecule has 4 rings (SSSR count). The van der Waals surface area contributed by atoms with E-state index in [0.29, 0.717) is 39.7 Å². The first-order valence-corrected chi connectivity index (χ1v) is 16.7. The number of unbranched alkanes of at least 4 members (excludes halogenated alkanes) is 1. The predicted molar refractivity (Wildman–Crippen MR) is 170 cm³/mol. The number of likely N-dealkylation sites (tertiary alicyclic amines) is 1. The Bertz CT molecular complexity index is 1070. The maximum atomic E-state index is 13.0. The Morgan fingerprint density at radius 2 is 1.61 bits per heavy atom. The van der Waals surface area contributed by atoms with Gasteiger partial charge in [-0.15, -0.1) is 0 Å². The number of aliphatic imine (C=N–C) groups is 1. The molecule has 6 nitrogen and oxygen atoms in total. The van der Waals surface area contributed by atoms with Crippen molar-refractivity contribution in [2.24, 2.45) is 22.7 Å². The largest absolute Gasteiger partial charge is 0.351 e. The monoisotopic (exact) mass is 602 g/mol. The average molecular weight is 604 g/mol. The highest BCUT2D eigenvalue weighted by Crippen LogP contribution is 2.30. The van der Waals surface area contributed by atoms with Crippen LogP contribution in [0.1, 0.15) is 100 Å². The second kappa shape index (κ2) is 16.7. The summed E-state index contributed by atoms with van der Waals surface area (Å²) in [4.78, 5) is 32.7. The predicted octanol–water partition coefficient (Wildman–Crippen LogP) is 7.45. The van der Waals surface area contributed by atoms with Crippen LogP contribution in [0, 0.1) is 17.8 Å². The molecule has 1 atom stereocenters. The molecule has 1 aromatic rings. The van der Waals surface area contributed by atoms with Crippen molar-refractivity contribution in [3.63, 3.8) is 0 Å². The van der Waals surface area contributed by atoms with Crippen molar-refractivity contribution in [1.82, 2.24) is 15.5 Å². The molecule has 1 saturated heterocycles. The van der Waals surface area contributed by atoms with Crippen LogP contribution in [0.5, 0.6) is 0 Å². The zero-order valence-corrected chi connectivity index (χ0v) is 26.2. The van der Waals surface area contributed by atoms with Gasteiger partial charge < -0.3 is 15.5 Å². The van der Waals surface area contributed by atoms with E-state index in [1.54, 1.807) is 18.2 Å². The van der Waals surface area contributed by atoms with Crippen LogP contribution < -0.4 is 10.6 Å². The van der Waals surface area contributed by atoms with Gasteiger partial charge in [0.25, 0.3) is 11.8 Å². The third-order valence-electron chi connectivity index (χ3n) is 9.06. The van der Waals surface area contributed by atoms with Gasteiger partial charge >= 0.3 is 0 Å². The minimum atomic E-state index is -0.0323. The number of amides is 2. The first kappa shape index (κ1) is 32.0. The topological polar surface area (TPSA) is 73.8 Å². The zero-order chi connectivity index (χ0) is 29.0. The summed E-state index contributed by atoms with van der Waals surface area (Å²) in [5.74, 6) is 1.33. The second-order valence-corrected chi connectivity index (χ2v) is 12.9. The van der Waals surface area contributed by atoms with Crippen LogP contribution >= 0.6 is 23.2 Å². The van der Waals surface area contributed by atoms with Crippen LogP contribution in [0.25, 0.3) is 0 Å². The van der Waals surface area contributed by atoms with Crippen molar-refractivity contribution in [1.29, 1.82) is 0 Å². The summed E-state index contributed by atoms with van der Waals surface area (Å²) in [5, 5.41) is 7.32. The molecule has 3 aliphatic rings. The van der Waals surface area contributed by atoms with Gasteiger partial charge in [-0.05, 0) is 75.3 Å². The van der Waals surface area contributed by atoms with Crippen molar-refractivity contribution in [2.45, 2.75) is 89.9 Å². The van der Waals surface area contributed by atoms with Crippen molar-refractivity contribution in [3.05, 3.63) is 45.6 Å². The summed E-state index contributed by atoms with van der Waals surface area (Å²) in [6.45, 7) is 3.05. The fourth-order valence-electron chi connectivity index (χ4n) is 6.63. The summed E-state index contributed by atoms with van der Waals surface area (Å²) in [5.41, 5.74) is 2.43. The van der Waals surface area contributed by atoms with Gasteiger partial charge in [-0.25, -0.2) is 0 Å². The van der Waals surface area contributed by atoms with Gasteiger partial charge in [0.1, 0.15) is 5.70 Å². The molecule has 0 radical (unpaired) electrons. The Kier molecular flexibility index (Phi) is 13.0. The van der Waals surface area contributed by atoms with E-state index >= 15 is 0 Å². The third-order valence-corrected chi connectivity index (χ3v) is 9.80. The number of benzene rings is 1. The van der Waals surface area contributed by atoms with Gasteiger partial charge in [0.15, 0.2) is 0 Å². The van der Waals surface area contributed by atoms with Gasteiger partial charge in [0.2, 0.25) is 0 Å². The molecule has 0 bridgehead atoms.